The van der Waals surface area contributed by atoms with Crippen molar-refractivity contribution in [2.24, 2.45) is 5.73 Å². The first-order valence-corrected chi connectivity index (χ1v) is 6.46. The normalized spacial score (nSPS) is 23.5. The Morgan fingerprint density at radius 3 is 3.05 bits per heavy atom. The maximum Gasteiger partial charge on any atom is 0.288 e. The molecule has 1 aromatic rings. The zero-order valence-electron chi connectivity index (χ0n) is 11.4. The number of oxazole rings is 1. The van der Waals surface area contributed by atoms with Crippen LogP contribution in [0, 0.1) is 0 Å². The van der Waals surface area contributed by atoms with E-state index in [1.165, 1.54) is 6.20 Å². The van der Waals surface area contributed by atoms with Crippen molar-refractivity contribution >= 4 is 11.8 Å². The molecule has 9 nitrogen and oxygen atoms in total. The number of nitrogens with one attached hydrogen (secondary N) is 1. The lowest BCUT2D eigenvalue weighted by molar-refractivity contribution is -0.119. The van der Waals surface area contributed by atoms with Crippen LogP contribution >= 0.6 is 0 Å². The van der Waals surface area contributed by atoms with E-state index in [0.717, 1.165) is 6.39 Å². The lowest BCUT2D eigenvalue weighted by atomic mass is 10.0. The zero-order valence-corrected chi connectivity index (χ0v) is 11.4. The minimum absolute atomic E-state index is 0.0295. The van der Waals surface area contributed by atoms with Crippen molar-refractivity contribution in [1.29, 1.82) is 0 Å². The molecule has 2 amide bonds. The number of primary amides is 1. The summed E-state index contributed by atoms with van der Waals surface area (Å²) in [5, 5.41) is 13.1. The summed E-state index contributed by atoms with van der Waals surface area (Å²) in [4.78, 5) is 28.1. The van der Waals surface area contributed by atoms with Crippen LogP contribution in [0.2, 0.25) is 0 Å². The monoisotopic (exact) mass is 298 g/mol. The van der Waals surface area contributed by atoms with Crippen LogP contribution in [0.3, 0.4) is 0 Å². The summed E-state index contributed by atoms with van der Waals surface area (Å²) in [5.41, 5.74) is 3.85. The molecule has 21 heavy (non-hydrogen) atoms. The molecule has 1 fully saturated rings. The Labute approximate surface area is 121 Å². The fraction of sp³-hybridized carbons (Fsp3) is 0.583. The molecule has 2 rings (SSSR count). The van der Waals surface area contributed by atoms with E-state index in [9.17, 15) is 14.7 Å². The number of hydrogen-bond donors (Lipinski definition) is 3. The van der Waals surface area contributed by atoms with E-state index >= 15 is 0 Å². The van der Waals surface area contributed by atoms with Crippen LogP contribution in [0.25, 0.3) is 0 Å². The molecule has 1 saturated heterocycles. The fourth-order valence-electron chi connectivity index (χ4n) is 2.12. The van der Waals surface area contributed by atoms with Gasteiger partial charge in [0.2, 0.25) is 11.7 Å². The maximum atomic E-state index is 11.8. The molecule has 1 aromatic heterocycles. The van der Waals surface area contributed by atoms with E-state index in [2.05, 4.69) is 10.3 Å². The minimum atomic E-state index is -1.30. The average molecular weight is 298 g/mol. The van der Waals surface area contributed by atoms with Gasteiger partial charge in [0.05, 0.1) is 32.5 Å². The molecular formula is C12H18N4O5. The second-order valence-corrected chi connectivity index (χ2v) is 5.00. The maximum absolute atomic E-state index is 11.8. The summed E-state index contributed by atoms with van der Waals surface area (Å²) in [7, 11) is 0. The molecule has 0 aliphatic carbocycles. The predicted octanol–water partition coefficient (Wildman–Crippen LogP) is -2.05. The van der Waals surface area contributed by atoms with Crippen molar-refractivity contribution in [3.05, 3.63) is 18.4 Å². The number of nitrogens with two attached hydrogens (primary N) is 1. The van der Waals surface area contributed by atoms with Gasteiger partial charge in [0, 0.05) is 13.1 Å². The van der Waals surface area contributed by atoms with Crippen molar-refractivity contribution in [3.63, 3.8) is 0 Å². The zero-order chi connectivity index (χ0) is 15.3. The van der Waals surface area contributed by atoms with Crippen molar-refractivity contribution in [2.45, 2.75) is 5.60 Å². The van der Waals surface area contributed by atoms with Crippen molar-refractivity contribution in [3.8, 4) is 0 Å². The molecule has 0 bridgehead atoms. The van der Waals surface area contributed by atoms with Gasteiger partial charge in [0.25, 0.3) is 5.91 Å². The molecule has 1 aliphatic rings. The number of carbonyl (C=O) groups excluding carboxylic acids is 2. The van der Waals surface area contributed by atoms with Crippen LogP contribution in [-0.2, 0) is 9.53 Å². The quantitative estimate of drug-likeness (QED) is 0.570. The second-order valence-electron chi connectivity index (χ2n) is 5.00. The molecule has 4 N–H and O–H groups in total. The number of amides is 2. The van der Waals surface area contributed by atoms with E-state index in [1.807, 2.05) is 0 Å². The largest absolute Gasteiger partial charge is 0.438 e. The summed E-state index contributed by atoms with van der Waals surface area (Å²) in [6, 6.07) is 0. The van der Waals surface area contributed by atoms with Crippen molar-refractivity contribution < 1.29 is 23.8 Å². The third kappa shape index (κ3) is 4.52. The summed E-state index contributed by atoms with van der Waals surface area (Å²) in [6.45, 7) is 1.09. The average Bonchev–Trinajstić information content (AvgIpc) is 2.88. The van der Waals surface area contributed by atoms with Gasteiger partial charge in [-0.2, -0.15) is 0 Å². The molecule has 0 aromatic carbocycles. The molecule has 1 atom stereocenters. The lowest BCUT2D eigenvalue weighted by Crippen LogP contribution is -2.53. The van der Waals surface area contributed by atoms with Crippen LogP contribution in [0.5, 0.6) is 0 Å². The summed E-state index contributed by atoms with van der Waals surface area (Å²) in [5.74, 6) is -0.904. The highest BCUT2D eigenvalue weighted by molar-refractivity contribution is 5.91. The fourth-order valence-corrected chi connectivity index (χ4v) is 2.12. The molecule has 0 radical (unpaired) electrons. The number of rotatable bonds is 5. The molecule has 0 unspecified atom stereocenters. The number of hydrogen-bond acceptors (Lipinski definition) is 7. The first-order chi connectivity index (χ1) is 9.98. The summed E-state index contributed by atoms with van der Waals surface area (Å²) >= 11 is 0. The van der Waals surface area contributed by atoms with E-state index in [0.29, 0.717) is 13.2 Å². The molecule has 116 valence electrons. The number of carbonyl (C=O) groups is 2. The number of β-amino-alcohol motifs (C(OH)–C–C–N with tert-alkyl or cyclic N) is 1. The SMILES string of the molecule is NC(=O)CN1CCOC[C@](O)(CNC(=O)c2cnco2)C1. The highest BCUT2D eigenvalue weighted by atomic mass is 16.5. The summed E-state index contributed by atoms with van der Waals surface area (Å²) < 4.78 is 10.2. The van der Waals surface area contributed by atoms with Crippen LogP contribution in [-0.4, -0.2) is 71.8 Å². The van der Waals surface area contributed by atoms with Crippen molar-refractivity contribution in [1.82, 2.24) is 15.2 Å². The predicted molar refractivity (Wildman–Crippen MR) is 70.2 cm³/mol. The Bertz CT molecular complexity index is 492. The number of ether oxygens (including phenoxy) is 1. The molecule has 0 spiro atoms. The van der Waals surface area contributed by atoms with Gasteiger partial charge >= 0.3 is 0 Å². The Kier molecular flexibility index (Phi) is 4.89. The van der Waals surface area contributed by atoms with E-state index in [1.54, 1.807) is 4.90 Å². The lowest BCUT2D eigenvalue weighted by Gasteiger charge is -2.30. The highest BCUT2D eigenvalue weighted by Gasteiger charge is 2.33. The number of nitrogens with zero attached hydrogens (tertiary/aromatic N) is 2. The van der Waals surface area contributed by atoms with Gasteiger partial charge in [-0.1, -0.05) is 0 Å². The highest BCUT2D eigenvalue weighted by Crippen LogP contribution is 2.12. The third-order valence-electron chi connectivity index (χ3n) is 3.05. The van der Waals surface area contributed by atoms with Gasteiger partial charge in [-0.25, -0.2) is 4.98 Å². The van der Waals surface area contributed by atoms with Crippen LogP contribution < -0.4 is 11.1 Å². The molecule has 9 heteroatoms. The Balaban J connectivity index is 1.92. The standard InChI is InChI=1S/C12H18N4O5/c13-10(17)4-16-1-2-20-7-12(19,6-16)5-15-11(18)9-3-14-8-21-9/h3,8,19H,1-2,4-7H2,(H2,13,17)(H,15,18)/t12-/m0/s1. The third-order valence-corrected chi connectivity index (χ3v) is 3.05. The summed E-state index contributed by atoms with van der Waals surface area (Å²) in [6.07, 6.45) is 2.43. The van der Waals surface area contributed by atoms with Gasteiger partial charge in [-0.15, -0.1) is 0 Å². The van der Waals surface area contributed by atoms with Gasteiger partial charge in [-0.3, -0.25) is 14.5 Å². The molecular weight excluding hydrogens is 280 g/mol. The van der Waals surface area contributed by atoms with E-state index in [4.69, 9.17) is 14.9 Å². The Morgan fingerprint density at radius 2 is 2.38 bits per heavy atom. The molecule has 1 aliphatic heterocycles. The van der Waals surface area contributed by atoms with E-state index < -0.39 is 17.4 Å². The molecule has 0 saturated carbocycles. The van der Waals surface area contributed by atoms with Crippen LogP contribution in [0.15, 0.2) is 17.0 Å². The van der Waals surface area contributed by atoms with Gasteiger partial charge < -0.3 is 25.3 Å². The second kappa shape index (κ2) is 6.66. The van der Waals surface area contributed by atoms with Crippen LogP contribution in [0.1, 0.15) is 10.6 Å². The first kappa shape index (κ1) is 15.4. The number of aromatic nitrogens is 1. The Hall–Kier alpha value is -1.97. The Morgan fingerprint density at radius 1 is 1.57 bits per heavy atom. The van der Waals surface area contributed by atoms with E-state index in [-0.39, 0.29) is 32.0 Å². The van der Waals surface area contributed by atoms with Gasteiger partial charge in [0.15, 0.2) is 6.39 Å². The molecule has 2 heterocycles. The van der Waals surface area contributed by atoms with Gasteiger partial charge in [0.1, 0.15) is 5.60 Å². The topological polar surface area (TPSA) is 131 Å². The van der Waals surface area contributed by atoms with Gasteiger partial charge in [-0.05, 0) is 0 Å². The smallest absolute Gasteiger partial charge is 0.288 e. The van der Waals surface area contributed by atoms with Crippen molar-refractivity contribution in [2.75, 3.05) is 39.4 Å². The number of aliphatic hydroxyl groups is 1. The first-order valence-electron chi connectivity index (χ1n) is 6.46. The van der Waals surface area contributed by atoms with Crippen LogP contribution in [0.4, 0.5) is 0 Å². The minimum Gasteiger partial charge on any atom is -0.438 e.